The number of hydrogen-bond acceptors (Lipinski definition) is 9. The smallest absolute Gasteiger partial charge is 0.333 e. The summed E-state index contributed by atoms with van der Waals surface area (Å²) in [6.45, 7) is 15.5. The zero-order valence-corrected chi connectivity index (χ0v) is 30.5. The van der Waals surface area contributed by atoms with Crippen molar-refractivity contribution in [2.75, 3.05) is 13.2 Å². The van der Waals surface area contributed by atoms with E-state index in [4.69, 9.17) is 22.1 Å². The standard InChI is InChI=1S/C38H58O8S/c1-9-21(3)32(43)45-19-35(7)26-13-16-38(47)27(34(26,6)15-14-28(35)39)12-11-24-25-17-23(5)30(41)31(42)37(25,29(40)18-36(24,38)8)20-46-33(44)22(4)10-2/h9-11,23,25-31,39-42,47H,12-20H2,1-8H3/b21-9+,22-10+/t23-,25?,26?,27?,28+,29-,30-,31+,34+,35-,36-,37+,38+/m1/s1. The van der Waals surface area contributed by atoms with E-state index in [0.717, 1.165) is 31.3 Å². The summed E-state index contributed by atoms with van der Waals surface area (Å²) in [6.07, 6.45) is 6.32. The fraction of sp³-hybridized carbons (Fsp3) is 0.789. The summed E-state index contributed by atoms with van der Waals surface area (Å²) in [4.78, 5) is 25.5. The molecule has 4 N–H and O–H groups in total. The highest BCUT2D eigenvalue weighted by Crippen LogP contribution is 2.74. The van der Waals surface area contributed by atoms with Crippen molar-refractivity contribution in [1.82, 2.24) is 0 Å². The topological polar surface area (TPSA) is 134 Å². The first kappa shape index (κ1) is 36.6. The molecule has 0 aromatic heterocycles. The van der Waals surface area contributed by atoms with E-state index >= 15 is 0 Å². The van der Waals surface area contributed by atoms with Gasteiger partial charge in [0.25, 0.3) is 0 Å². The van der Waals surface area contributed by atoms with Crippen molar-refractivity contribution in [1.29, 1.82) is 0 Å². The molecule has 0 heterocycles. The van der Waals surface area contributed by atoms with Gasteiger partial charge >= 0.3 is 11.9 Å². The van der Waals surface area contributed by atoms with Gasteiger partial charge in [0.1, 0.15) is 6.61 Å². The molecule has 264 valence electrons. The Labute approximate surface area is 286 Å². The molecule has 0 radical (unpaired) electrons. The van der Waals surface area contributed by atoms with Gasteiger partial charge in [-0.3, -0.25) is 0 Å². The molecule has 9 heteroatoms. The van der Waals surface area contributed by atoms with Crippen LogP contribution in [0.4, 0.5) is 0 Å². The van der Waals surface area contributed by atoms with E-state index in [1.54, 1.807) is 32.9 Å². The molecule has 0 saturated heterocycles. The molecular weight excluding hydrogens is 616 g/mol. The molecule has 3 unspecified atom stereocenters. The Balaban J connectivity index is 1.53. The molecule has 5 aliphatic carbocycles. The maximum atomic E-state index is 12.8. The number of thiol groups is 1. The fourth-order valence-corrected chi connectivity index (χ4v) is 11.9. The maximum Gasteiger partial charge on any atom is 0.333 e. The number of esters is 2. The van der Waals surface area contributed by atoms with E-state index in [1.807, 2.05) is 13.8 Å². The molecule has 4 fully saturated rings. The summed E-state index contributed by atoms with van der Waals surface area (Å²) in [5.41, 5.74) is -0.480. The van der Waals surface area contributed by atoms with Crippen LogP contribution in [0.15, 0.2) is 34.9 Å². The SMILES string of the molecule is C/C=C(\C)C(=O)OC[C@@]12C(C[C@@H](C)[C@@H](O)[C@@H]1O)C1=CCC3[C@@]4(C)CC[C@H](O)[C@](C)(COC(=O)/C(C)=C/C)C4CC[C@@]3(S)[C@]1(C)C[C@H]2O. The van der Waals surface area contributed by atoms with Gasteiger partial charge < -0.3 is 29.9 Å². The lowest BCUT2D eigenvalue weighted by Crippen LogP contribution is -2.72. The van der Waals surface area contributed by atoms with Gasteiger partial charge in [-0.05, 0) is 102 Å². The fourth-order valence-electron chi connectivity index (χ4n) is 11.1. The number of fused-ring (bicyclic) bond motifs is 7. The molecule has 47 heavy (non-hydrogen) atoms. The zero-order chi connectivity index (χ0) is 34.9. The molecule has 0 bridgehead atoms. The lowest BCUT2D eigenvalue weighted by atomic mass is 9.37. The predicted molar refractivity (Wildman–Crippen MR) is 183 cm³/mol. The van der Waals surface area contributed by atoms with E-state index in [2.05, 4.69) is 26.8 Å². The molecule has 5 aliphatic rings. The first-order valence-electron chi connectivity index (χ1n) is 17.6. The van der Waals surface area contributed by atoms with Crippen molar-refractivity contribution in [3.05, 3.63) is 34.9 Å². The van der Waals surface area contributed by atoms with Crippen molar-refractivity contribution >= 4 is 24.6 Å². The third kappa shape index (κ3) is 5.23. The first-order valence-corrected chi connectivity index (χ1v) is 18.1. The number of aliphatic hydroxyl groups excluding tert-OH is 4. The van der Waals surface area contributed by atoms with Crippen molar-refractivity contribution < 1.29 is 39.5 Å². The van der Waals surface area contributed by atoms with Gasteiger partial charge in [0, 0.05) is 26.7 Å². The highest BCUT2D eigenvalue weighted by atomic mass is 32.1. The monoisotopic (exact) mass is 674 g/mol. The highest BCUT2D eigenvalue weighted by Gasteiger charge is 2.72. The quantitative estimate of drug-likeness (QED) is 0.111. The molecule has 0 amide bonds. The number of rotatable bonds is 6. The minimum absolute atomic E-state index is 0.0924. The number of ether oxygens (including phenoxy) is 2. The third-order valence-electron chi connectivity index (χ3n) is 14.5. The van der Waals surface area contributed by atoms with Crippen LogP contribution < -0.4 is 0 Å². The Morgan fingerprint density at radius 2 is 1.51 bits per heavy atom. The van der Waals surface area contributed by atoms with Crippen LogP contribution in [-0.4, -0.2) is 74.7 Å². The van der Waals surface area contributed by atoms with Gasteiger partial charge in [0.2, 0.25) is 0 Å². The lowest BCUT2D eigenvalue weighted by molar-refractivity contribution is -0.233. The Bertz CT molecular complexity index is 1360. The number of carbonyl (C=O) groups is 2. The van der Waals surface area contributed by atoms with Gasteiger partial charge in [0.15, 0.2) is 0 Å². The van der Waals surface area contributed by atoms with Gasteiger partial charge in [-0.2, -0.15) is 12.6 Å². The van der Waals surface area contributed by atoms with Crippen LogP contribution >= 0.6 is 12.6 Å². The molecule has 0 aromatic rings. The molecule has 5 rings (SSSR count). The average Bonchev–Trinajstić information content (AvgIpc) is 3.03. The van der Waals surface area contributed by atoms with Crippen LogP contribution in [-0.2, 0) is 19.1 Å². The van der Waals surface area contributed by atoms with E-state index in [0.29, 0.717) is 30.4 Å². The van der Waals surface area contributed by atoms with Gasteiger partial charge in [0.05, 0.1) is 36.4 Å². The van der Waals surface area contributed by atoms with Crippen molar-refractivity contribution in [3.8, 4) is 0 Å². The van der Waals surface area contributed by atoms with E-state index < -0.39 is 51.4 Å². The molecule has 4 saturated carbocycles. The summed E-state index contributed by atoms with van der Waals surface area (Å²) < 4.78 is 11.1. The first-order chi connectivity index (χ1) is 21.9. The van der Waals surface area contributed by atoms with E-state index in [1.165, 1.54) is 0 Å². The minimum Gasteiger partial charge on any atom is -0.462 e. The van der Waals surface area contributed by atoms with Crippen LogP contribution in [0.1, 0.15) is 100 Å². The minimum atomic E-state index is -1.27. The second kappa shape index (κ2) is 12.6. The van der Waals surface area contributed by atoms with Crippen LogP contribution in [0.5, 0.6) is 0 Å². The summed E-state index contributed by atoms with van der Waals surface area (Å²) in [5.74, 6) is -1.17. The third-order valence-corrected chi connectivity index (χ3v) is 15.5. The number of carbonyl (C=O) groups excluding carboxylic acids is 2. The molecule has 13 atom stereocenters. The number of allylic oxidation sites excluding steroid dienone is 4. The average molecular weight is 675 g/mol. The van der Waals surface area contributed by atoms with E-state index in [-0.39, 0.29) is 48.3 Å². The Morgan fingerprint density at radius 1 is 0.915 bits per heavy atom. The summed E-state index contributed by atoms with van der Waals surface area (Å²) in [7, 11) is 0. The Hall–Kier alpha value is -1.65. The second-order valence-electron chi connectivity index (χ2n) is 16.5. The summed E-state index contributed by atoms with van der Waals surface area (Å²) in [5, 5.41) is 46.5. The molecule has 8 nitrogen and oxygen atoms in total. The normalized spacial score (nSPS) is 48.2. The number of hydrogen-bond donors (Lipinski definition) is 5. The van der Waals surface area contributed by atoms with Crippen molar-refractivity contribution in [2.24, 2.45) is 45.3 Å². The highest BCUT2D eigenvalue weighted by molar-refractivity contribution is 7.81. The largest absolute Gasteiger partial charge is 0.462 e. The van der Waals surface area contributed by atoms with Crippen LogP contribution in [0.2, 0.25) is 0 Å². The van der Waals surface area contributed by atoms with Crippen LogP contribution in [0.3, 0.4) is 0 Å². The second-order valence-corrected chi connectivity index (χ2v) is 17.3. The van der Waals surface area contributed by atoms with Crippen LogP contribution in [0.25, 0.3) is 0 Å². The van der Waals surface area contributed by atoms with Crippen LogP contribution in [0, 0.1) is 45.3 Å². The maximum absolute atomic E-state index is 12.8. The Morgan fingerprint density at radius 3 is 2.11 bits per heavy atom. The van der Waals surface area contributed by atoms with Gasteiger partial charge in [-0.15, -0.1) is 0 Å². The lowest BCUT2D eigenvalue weighted by Gasteiger charge is -2.71. The molecular formula is C38H58O8S. The predicted octanol–water partition coefficient (Wildman–Crippen LogP) is 5.33. The molecule has 0 aromatic carbocycles. The van der Waals surface area contributed by atoms with Crippen molar-refractivity contribution in [2.45, 2.75) is 129 Å². The van der Waals surface area contributed by atoms with E-state index in [9.17, 15) is 30.0 Å². The Kier molecular flexibility index (Phi) is 9.81. The zero-order valence-electron chi connectivity index (χ0n) is 29.6. The summed E-state index contributed by atoms with van der Waals surface area (Å²) in [6, 6.07) is 0. The van der Waals surface area contributed by atoms with Gasteiger partial charge in [-0.25, -0.2) is 9.59 Å². The van der Waals surface area contributed by atoms with Gasteiger partial charge in [-0.1, -0.05) is 51.5 Å². The molecule has 0 aliphatic heterocycles. The van der Waals surface area contributed by atoms with Crippen molar-refractivity contribution in [3.63, 3.8) is 0 Å². The summed E-state index contributed by atoms with van der Waals surface area (Å²) >= 11 is 5.66. The number of aliphatic hydroxyl groups is 4. The molecule has 0 spiro atoms.